The summed E-state index contributed by atoms with van der Waals surface area (Å²) in [5, 5.41) is 10.2. The van der Waals surface area contributed by atoms with Gasteiger partial charge in [0.1, 0.15) is 0 Å². The smallest absolute Gasteiger partial charge is 0.258 e. The number of carbonyl (C=O) groups excluding carboxylic acids is 2. The molecule has 0 unspecified atom stereocenters. The van der Waals surface area contributed by atoms with Crippen molar-refractivity contribution in [2.24, 2.45) is 0 Å². The molecule has 0 spiro atoms. The number of rotatable bonds is 6. The number of nitrogens with zero attached hydrogens (tertiary/aromatic N) is 2. The monoisotopic (exact) mass is 412 g/mol. The van der Waals surface area contributed by atoms with E-state index < -0.39 is 0 Å². The number of carbonyl (C=O) groups is 2. The van der Waals surface area contributed by atoms with Crippen molar-refractivity contribution in [1.29, 1.82) is 0 Å². The number of nitrogens with one attached hydrogen (secondary N) is 2. The van der Waals surface area contributed by atoms with Crippen LogP contribution in [0.5, 0.6) is 0 Å². The van der Waals surface area contributed by atoms with Gasteiger partial charge in [0.25, 0.3) is 5.91 Å². The van der Waals surface area contributed by atoms with E-state index in [2.05, 4.69) is 20.5 Å². The number of benzene rings is 1. The van der Waals surface area contributed by atoms with Gasteiger partial charge in [0.2, 0.25) is 5.91 Å². The van der Waals surface area contributed by atoms with E-state index in [1.54, 1.807) is 6.07 Å². The second-order valence-electron chi connectivity index (χ2n) is 6.58. The molecule has 6 nitrogen and oxygen atoms in total. The Morgan fingerprint density at radius 2 is 2.04 bits per heavy atom. The van der Waals surface area contributed by atoms with Gasteiger partial charge in [-0.15, -0.1) is 11.3 Å². The Kier molecular flexibility index (Phi) is 5.80. The van der Waals surface area contributed by atoms with E-state index in [1.807, 2.05) is 41.1 Å². The van der Waals surface area contributed by atoms with Gasteiger partial charge < -0.3 is 5.32 Å². The third-order valence-electron chi connectivity index (χ3n) is 4.51. The zero-order valence-corrected chi connectivity index (χ0v) is 16.8. The van der Waals surface area contributed by atoms with Crippen LogP contribution in [0.2, 0.25) is 0 Å². The molecule has 2 N–H and O–H groups in total. The fourth-order valence-electron chi connectivity index (χ4n) is 3.06. The fourth-order valence-corrected chi connectivity index (χ4v) is 4.74. The van der Waals surface area contributed by atoms with E-state index >= 15 is 0 Å². The highest BCUT2D eigenvalue weighted by Gasteiger charge is 2.23. The zero-order valence-electron chi connectivity index (χ0n) is 15.2. The molecule has 3 heterocycles. The average molecular weight is 413 g/mol. The first-order valence-electron chi connectivity index (χ1n) is 9.02. The van der Waals surface area contributed by atoms with Crippen LogP contribution in [0.25, 0.3) is 0 Å². The fraction of sp³-hybridized carbons (Fsp3) is 0.250. The Morgan fingerprint density at radius 3 is 2.82 bits per heavy atom. The molecule has 1 aliphatic rings. The molecule has 2 aromatic heterocycles. The summed E-state index contributed by atoms with van der Waals surface area (Å²) in [5.41, 5.74) is 2.76. The van der Waals surface area contributed by atoms with Crippen molar-refractivity contribution in [2.75, 3.05) is 18.4 Å². The van der Waals surface area contributed by atoms with Gasteiger partial charge in [-0.2, -0.15) is 11.3 Å². The molecule has 0 aliphatic carbocycles. The van der Waals surface area contributed by atoms with Crippen LogP contribution < -0.4 is 10.6 Å². The maximum atomic E-state index is 12.3. The number of amides is 2. The first kappa shape index (κ1) is 18.8. The molecular formula is C20H20N4O2S2. The third kappa shape index (κ3) is 4.64. The minimum absolute atomic E-state index is 0.0165. The zero-order chi connectivity index (χ0) is 19.3. The molecule has 0 bridgehead atoms. The summed E-state index contributed by atoms with van der Waals surface area (Å²) in [6.07, 6.45) is 0.784. The molecule has 4 rings (SSSR count). The van der Waals surface area contributed by atoms with Gasteiger partial charge in [0.05, 0.1) is 17.8 Å². The Labute approximate surface area is 171 Å². The van der Waals surface area contributed by atoms with Gasteiger partial charge >= 0.3 is 0 Å². The lowest BCUT2D eigenvalue weighted by Crippen LogP contribution is -2.39. The maximum Gasteiger partial charge on any atom is 0.258 e. The van der Waals surface area contributed by atoms with Crippen LogP contribution in [0.4, 0.5) is 5.13 Å². The Morgan fingerprint density at radius 1 is 1.18 bits per heavy atom. The maximum absolute atomic E-state index is 12.3. The van der Waals surface area contributed by atoms with Crippen LogP contribution in [0.15, 0.2) is 47.2 Å². The topological polar surface area (TPSA) is 74.3 Å². The summed E-state index contributed by atoms with van der Waals surface area (Å²) in [5.74, 6) is -0.118. The number of aromatic nitrogens is 1. The summed E-state index contributed by atoms with van der Waals surface area (Å²) in [6.45, 7) is 2.37. The van der Waals surface area contributed by atoms with Crippen LogP contribution in [0, 0.1) is 0 Å². The molecule has 0 saturated heterocycles. The number of thiophene rings is 1. The van der Waals surface area contributed by atoms with Gasteiger partial charge in [-0.1, -0.05) is 30.3 Å². The van der Waals surface area contributed by atoms with Crippen molar-refractivity contribution in [3.05, 3.63) is 68.9 Å². The van der Waals surface area contributed by atoms with Crippen molar-refractivity contribution >= 4 is 39.6 Å². The molecule has 2 amide bonds. The summed E-state index contributed by atoms with van der Waals surface area (Å²) >= 11 is 2.98. The van der Waals surface area contributed by atoms with E-state index in [0.29, 0.717) is 30.3 Å². The summed E-state index contributed by atoms with van der Waals surface area (Å²) in [4.78, 5) is 32.2. The van der Waals surface area contributed by atoms with Crippen molar-refractivity contribution in [3.63, 3.8) is 0 Å². The lowest BCUT2D eigenvalue weighted by molar-refractivity contribution is -0.122. The standard InChI is InChI=1S/C20H20N4O2S2/c25-18(21-10-14-4-2-1-3-5-14)12-24-8-6-16-17(11-24)28-20(22-16)23-19(26)15-7-9-27-13-15/h1-5,7,9,13H,6,8,10-12H2,(H,21,25)(H,22,23,26). The molecule has 0 saturated carbocycles. The number of thiazole rings is 1. The lowest BCUT2D eigenvalue weighted by Gasteiger charge is -2.25. The number of anilines is 1. The predicted octanol–water partition coefficient (Wildman–Crippen LogP) is 3.13. The first-order chi connectivity index (χ1) is 13.7. The average Bonchev–Trinajstić information content (AvgIpc) is 3.36. The summed E-state index contributed by atoms with van der Waals surface area (Å²) in [6, 6.07) is 11.7. The number of fused-ring (bicyclic) bond motifs is 1. The first-order valence-corrected chi connectivity index (χ1v) is 10.8. The summed E-state index contributed by atoms with van der Waals surface area (Å²) in [7, 11) is 0. The molecular weight excluding hydrogens is 392 g/mol. The van der Waals surface area contributed by atoms with Crippen LogP contribution >= 0.6 is 22.7 Å². The molecule has 1 aliphatic heterocycles. The molecule has 0 radical (unpaired) electrons. The highest BCUT2D eigenvalue weighted by Crippen LogP contribution is 2.28. The van der Waals surface area contributed by atoms with E-state index in [-0.39, 0.29) is 11.8 Å². The van der Waals surface area contributed by atoms with Crippen LogP contribution in [-0.2, 0) is 24.3 Å². The van der Waals surface area contributed by atoms with Crippen LogP contribution in [-0.4, -0.2) is 34.8 Å². The van der Waals surface area contributed by atoms with E-state index in [4.69, 9.17) is 0 Å². The van der Waals surface area contributed by atoms with Gasteiger partial charge in [-0.05, 0) is 17.0 Å². The second-order valence-corrected chi connectivity index (χ2v) is 8.44. The second kappa shape index (κ2) is 8.64. The Hall–Kier alpha value is -2.55. The van der Waals surface area contributed by atoms with Crippen molar-refractivity contribution < 1.29 is 9.59 Å². The van der Waals surface area contributed by atoms with E-state index in [1.165, 1.54) is 22.7 Å². The van der Waals surface area contributed by atoms with Crippen molar-refractivity contribution in [1.82, 2.24) is 15.2 Å². The van der Waals surface area contributed by atoms with Crippen LogP contribution in [0.3, 0.4) is 0 Å². The molecule has 3 aromatic rings. The van der Waals surface area contributed by atoms with Crippen molar-refractivity contribution in [2.45, 2.75) is 19.5 Å². The van der Waals surface area contributed by atoms with E-state index in [9.17, 15) is 9.59 Å². The molecule has 144 valence electrons. The predicted molar refractivity (Wildman–Crippen MR) is 112 cm³/mol. The third-order valence-corrected chi connectivity index (χ3v) is 6.19. The SMILES string of the molecule is O=C(CN1CCc2nc(NC(=O)c3ccsc3)sc2C1)NCc1ccccc1. The molecule has 8 heteroatoms. The lowest BCUT2D eigenvalue weighted by atomic mass is 10.2. The normalized spacial score (nSPS) is 13.7. The molecule has 0 atom stereocenters. The minimum Gasteiger partial charge on any atom is -0.351 e. The number of hydrogen-bond acceptors (Lipinski definition) is 6. The van der Waals surface area contributed by atoms with E-state index in [0.717, 1.165) is 29.1 Å². The summed E-state index contributed by atoms with van der Waals surface area (Å²) < 4.78 is 0. The minimum atomic E-state index is -0.135. The van der Waals surface area contributed by atoms with Crippen LogP contribution in [0.1, 0.15) is 26.5 Å². The van der Waals surface area contributed by atoms with Crippen molar-refractivity contribution in [3.8, 4) is 0 Å². The van der Waals surface area contributed by atoms with Gasteiger partial charge in [0, 0.05) is 36.3 Å². The highest BCUT2D eigenvalue weighted by atomic mass is 32.1. The molecule has 0 fully saturated rings. The van der Waals surface area contributed by atoms with Gasteiger partial charge in [-0.3, -0.25) is 19.8 Å². The quantitative estimate of drug-likeness (QED) is 0.652. The Balaban J connectivity index is 1.30. The highest BCUT2D eigenvalue weighted by molar-refractivity contribution is 7.16. The van der Waals surface area contributed by atoms with Gasteiger partial charge in [-0.25, -0.2) is 4.98 Å². The van der Waals surface area contributed by atoms with Gasteiger partial charge in [0.15, 0.2) is 5.13 Å². The molecule has 1 aromatic carbocycles. The molecule has 28 heavy (non-hydrogen) atoms. The number of hydrogen-bond donors (Lipinski definition) is 2. The largest absolute Gasteiger partial charge is 0.351 e. The Bertz CT molecular complexity index is 954.